The van der Waals surface area contributed by atoms with Gasteiger partial charge in [0.1, 0.15) is 5.75 Å². The van der Waals surface area contributed by atoms with Crippen LogP contribution in [0.4, 0.5) is 17.6 Å². The number of hydrogen-bond donors (Lipinski definition) is 2. The third-order valence-electron chi connectivity index (χ3n) is 4.54. The number of anilines is 3. The third-order valence-corrected chi connectivity index (χ3v) is 4.79. The van der Waals surface area contributed by atoms with Crippen LogP contribution >= 0.6 is 11.6 Å². The summed E-state index contributed by atoms with van der Waals surface area (Å²) in [6.07, 6.45) is 1.71. The van der Waals surface area contributed by atoms with Gasteiger partial charge in [0, 0.05) is 16.3 Å². The Bertz CT molecular complexity index is 1210. The molecule has 0 fully saturated rings. The van der Waals surface area contributed by atoms with Crippen LogP contribution in [0.1, 0.15) is 11.1 Å². The first-order valence-corrected chi connectivity index (χ1v) is 10.3. The van der Waals surface area contributed by atoms with Gasteiger partial charge in [0.2, 0.25) is 11.9 Å². The van der Waals surface area contributed by atoms with Crippen LogP contribution in [0.5, 0.6) is 5.75 Å². The lowest BCUT2D eigenvalue weighted by molar-refractivity contribution is 0.415. The van der Waals surface area contributed by atoms with Crippen molar-refractivity contribution in [3.05, 3.63) is 88.9 Å². The summed E-state index contributed by atoms with van der Waals surface area (Å²) in [7, 11) is 1.63. The number of methoxy groups -OCH3 is 1. The zero-order valence-electron chi connectivity index (χ0n) is 17.6. The van der Waals surface area contributed by atoms with Gasteiger partial charge in [0.15, 0.2) is 5.82 Å². The third kappa shape index (κ3) is 5.59. The topological polar surface area (TPSA) is 84.3 Å². The van der Waals surface area contributed by atoms with E-state index in [-0.39, 0.29) is 0 Å². The minimum absolute atomic E-state index is 0.311. The number of ether oxygens (including phenoxy) is 1. The maximum Gasteiger partial charge on any atom is 0.248 e. The molecule has 0 spiro atoms. The van der Waals surface area contributed by atoms with Crippen LogP contribution in [0.2, 0.25) is 5.02 Å². The van der Waals surface area contributed by atoms with E-state index in [9.17, 15) is 0 Å². The molecule has 0 atom stereocenters. The van der Waals surface area contributed by atoms with E-state index < -0.39 is 0 Å². The Hall–Kier alpha value is -3.97. The highest BCUT2D eigenvalue weighted by Gasteiger charge is 2.09. The van der Waals surface area contributed by atoms with E-state index in [1.54, 1.807) is 25.5 Å². The van der Waals surface area contributed by atoms with Gasteiger partial charge < -0.3 is 10.1 Å². The summed E-state index contributed by atoms with van der Waals surface area (Å²) in [5.41, 5.74) is 6.67. The van der Waals surface area contributed by atoms with E-state index in [1.165, 1.54) is 5.56 Å². The first kappa shape index (κ1) is 21.3. The van der Waals surface area contributed by atoms with E-state index in [4.69, 9.17) is 16.3 Å². The summed E-state index contributed by atoms with van der Waals surface area (Å²) in [5.74, 6) is 1.93. The lowest BCUT2D eigenvalue weighted by Crippen LogP contribution is -2.05. The number of nitrogens with zero attached hydrogens (tertiary/aromatic N) is 4. The number of aryl methyl sites for hydroxylation is 1. The number of rotatable bonds is 7. The van der Waals surface area contributed by atoms with Crippen molar-refractivity contribution in [1.29, 1.82) is 0 Å². The van der Waals surface area contributed by atoms with Gasteiger partial charge in [-0.05, 0) is 61.0 Å². The van der Waals surface area contributed by atoms with Crippen molar-refractivity contribution in [1.82, 2.24) is 15.0 Å². The molecule has 7 nitrogen and oxygen atoms in total. The molecule has 0 aliphatic carbocycles. The standard InChI is InChI=1S/C24H21ClN6O/c1-16-3-5-17(6-4-16)15-26-31-24-29-22(18-7-13-21(32-2)14-8-18)28-23(30-24)27-20-11-9-19(25)10-12-20/h3-15H,1-2H3,(H2,27,28,29,30,31). The minimum Gasteiger partial charge on any atom is -0.497 e. The van der Waals surface area contributed by atoms with Crippen molar-refractivity contribution in [2.24, 2.45) is 5.10 Å². The summed E-state index contributed by atoms with van der Waals surface area (Å²) in [5, 5.41) is 8.10. The number of hydrazone groups is 1. The van der Waals surface area contributed by atoms with Gasteiger partial charge in [0.25, 0.3) is 0 Å². The number of halogens is 1. The second kappa shape index (κ2) is 9.89. The fourth-order valence-corrected chi connectivity index (χ4v) is 2.96. The van der Waals surface area contributed by atoms with Crippen molar-refractivity contribution in [3.63, 3.8) is 0 Å². The molecule has 0 saturated carbocycles. The average molecular weight is 445 g/mol. The van der Waals surface area contributed by atoms with Crippen molar-refractivity contribution < 1.29 is 4.74 Å². The maximum absolute atomic E-state index is 5.98. The predicted octanol–water partition coefficient (Wildman–Crippen LogP) is 5.70. The molecule has 0 aliphatic rings. The summed E-state index contributed by atoms with van der Waals surface area (Å²) in [6, 6.07) is 22.8. The molecule has 4 rings (SSSR count). The largest absolute Gasteiger partial charge is 0.497 e. The molecule has 0 aliphatic heterocycles. The van der Waals surface area contributed by atoms with E-state index in [2.05, 4.69) is 30.8 Å². The van der Waals surface area contributed by atoms with Crippen LogP contribution in [0.25, 0.3) is 11.4 Å². The molecule has 0 amide bonds. The van der Waals surface area contributed by atoms with Crippen molar-refractivity contribution in [3.8, 4) is 17.1 Å². The zero-order chi connectivity index (χ0) is 22.3. The Morgan fingerprint density at radius 3 is 2.22 bits per heavy atom. The quantitative estimate of drug-likeness (QED) is 0.281. The van der Waals surface area contributed by atoms with Crippen LogP contribution in [-0.4, -0.2) is 28.3 Å². The monoisotopic (exact) mass is 444 g/mol. The molecule has 1 heterocycles. The summed E-state index contributed by atoms with van der Waals surface area (Å²) in [6.45, 7) is 2.04. The number of hydrogen-bond acceptors (Lipinski definition) is 7. The molecule has 0 bridgehead atoms. The summed E-state index contributed by atoms with van der Waals surface area (Å²) < 4.78 is 5.24. The van der Waals surface area contributed by atoms with Gasteiger partial charge in [0.05, 0.1) is 13.3 Å². The van der Waals surface area contributed by atoms with Crippen LogP contribution in [0, 0.1) is 6.92 Å². The highest BCUT2D eigenvalue weighted by atomic mass is 35.5. The molecule has 1 aromatic heterocycles. The highest BCUT2D eigenvalue weighted by Crippen LogP contribution is 2.23. The van der Waals surface area contributed by atoms with E-state index in [0.717, 1.165) is 22.6 Å². The lowest BCUT2D eigenvalue weighted by Gasteiger charge is -2.09. The van der Waals surface area contributed by atoms with Crippen LogP contribution in [-0.2, 0) is 0 Å². The van der Waals surface area contributed by atoms with Crippen LogP contribution < -0.4 is 15.5 Å². The Morgan fingerprint density at radius 2 is 1.53 bits per heavy atom. The second-order valence-electron chi connectivity index (χ2n) is 6.95. The smallest absolute Gasteiger partial charge is 0.248 e. The molecule has 32 heavy (non-hydrogen) atoms. The fraction of sp³-hybridized carbons (Fsp3) is 0.0833. The van der Waals surface area contributed by atoms with Gasteiger partial charge >= 0.3 is 0 Å². The Balaban J connectivity index is 1.62. The van der Waals surface area contributed by atoms with Crippen LogP contribution in [0.3, 0.4) is 0 Å². The molecule has 3 aromatic carbocycles. The molecule has 4 aromatic rings. The number of benzene rings is 3. The van der Waals surface area contributed by atoms with Gasteiger partial charge in [-0.15, -0.1) is 0 Å². The first-order valence-electron chi connectivity index (χ1n) is 9.88. The molecular weight excluding hydrogens is 424 g/mol. The first-order chi connectivity index (χ1) is 15.6. The Morgan fingerprint density at radius 1 is 0.844 bits per heavy atom. The molecule has 0 saturated heterocycles. The number of nitrogens with one attached hydrogen (secondary N) is 2. The molecule has 0 unspecified atom stereocenters. The van der Waals surface area contributed by atoms with Crippen molar-refractivity contribution in [2.75, 3.05) is 17.9 Å². The molecule has 0 radical (unpaired) electrons. The molecular formula is C24H21ClN6O. The van der Waals surface area contributed by atoms with Gasteiger partial charge in [-0.1, -0.05) is 41.4 Å². The van der Waals surface area contributed by atoms with E-state index in [0.29, 0.717) is 22.7 Å². The average Bonchev–Trinajstić information content (AvgIpc) is 2.82. The SMILES string of the molecule is COc1ccc(-c2nc(NN=Cc3ccc(C)cc3)nc(Nc3ccc(Cl)cc3)n2)cc1. The van der Waals surface area contributed by atoms with E-state index >= 15 is 0 Å². The number of aromatic nitrogens is 3. The molecule has 160 valence electrons. The fourth-order valence-electron chi connectivity index (χ4n) is 2.83. The van der Waals surface area contributed by atoms with Crippen molar-refractivity contribution in [2.45, 2.75) is 6.92 Å². The zero-order valence-corrected chi connectivity index (χ0v) is 18.3. The van der Waals surface area contributed by atoms with E-state index in [1.807, 2.05) is 67.6 Å². The summed E-state index contributed by atoms with van der Waals surface area (Å²) in [4.78, 5) is 13.5. The maximum atomic E-state index is 5.98. The lowest BCUT2D eigenvalue weighted by atomic mass is 10.2. The molecule has 2 N–H and O–H groups in total. The Labute approximate surface area is 191 Å². The Kier molecular flexibility index (Phi) is 6.57. The van der Waals surface area contributed by atoms with Gasteiger partial charge in [-0.25, -0.2) is 5.43 Å². The minimum atomic E-state index is 0.311. The highest BCUT2D eigenvalue weighted by molar-refractivity contribution is 6.30. The van der Waals surface area contributed by atoms with Gasteiger partial charge in [-0.2, -0.15) is 20.1 Å². The second-order valence-corrected chi connectivity index (χ2v) is 7.38. The normalized spacial score (nSPS) is 10.8. The predicted molar refractivity (Wildman–Crippen MR) is 129 cm³/mol. The molecule has 8 heteroatoms. The van der Waals surface area contributed by atoms with Crippen LogP contribution in [0.15, 0.2) is 77.9 Å². The van der Waals surface area contributed by atoms with Crippen molar-refractivity contribution >= 4 is 35.4 Å². The summed E-state index contributed by atoms with van der Waals surface area (Å²) >= 11 is 5.98. The van der Waals surface area contributed by atoms with Gasteiger partial charge in [-0.3, -0.25) is 0 Å².